The highest BCUT2D eigenvalue weighted by atomic mass is 16.5. The molecule has 2 bridgehead atoms. The first-order valence-electron chi connectivity index (χ1n) is 7.74. The van der Waals surface area contributed by atoms with Gasteiger partial charge < -0.3 is 14.9 Å². The van der Waals surface area contributed by atoms with Gasteiger partial charge in [-0.1, -0.05) is 6.58 Å². The van der Waals surface area contributed by atoms with Crippen molar-refractivity contribution >= 4 is 5.97 Å². The molecule has 2 saturated carbocycles. The van der Waals surface area contributed by atoms with Crippen molar-refractivity contribution in [3.8, 4) is 0 Å². The van der Waals surface area contributed by atoms with Crippen molar-refractivity contribution in [2.45, 2.75) is 64.8 Å². The largest absolute Gasteiger partial charge is 0.459 e. The van der Waals surface area contributed by atoms with Crippen LogP contribution in [0.1, 0.15) is 47.5 Å². The van der Waals surface area contributed by atoms with E-state index in [2.05, 4.69) is 6.58 Å². The standard InChI is InChI=1S/C17H28O4/c1-9(2)15(18)21-12-8-10-7-11(12)14(17(5,6)20)13(10)16(3,4)19/h10-14,19-20H,1,7-8H2,2-6H3/t10-,11+,12+,13+,14+/m0/s1. The lowest BCUT2D eigenvalue weighted by Gasteiger charge is -2.46. The molecule has 4 heteroatoms. The molecule has 2 N–H and O–H groups in total. The summed E-state index contributed by atoms with van der Waals surface area (Å²) in [6.45, 7) is 12.5. The fourth-order valence-electron chi connectivity index (χ4n) is 4.65. The highest BCUT2D eigenvalue weighted by molar-refractivity contribution is 5.87. The Balaban J connectivity index is 2.23. The predicted molar refractivity (Wildman–Crippen MR) is 80.5 cm³/mol. The fraction of sp³-hybridized carbons (Fsp3) is 0.824. The van der Waals surface area contributed by atoms with Crippen molar-refractivity contribution < 1.29 is 19.7 Å². The zero-order valence-electron chi connectivity index (χ0n) is 13.7. The van der Waals surface area contributed by atoms with Crippen LogP contribution in [0.4, 0.5) is 0 Å². The summed E-state index contributed by atoms with van der Waals surface area (Å²) in [6.07, 6.45) is 1.50. The van der Waals surface area contributed by atoms with E-state index in [9.17, 15) is 15.0 Å². The first kappa shape index (κ1) is 16.5. The van der Waals surface area contributed by atoms with Crippen LogP contribution >= 0.6 is 0 Å². The Morgan fingerprint density at radius 3 is 2.05 bits per heavy atom. The van der Waals surface area contributed by atoms with E-state index in [-0.39, 0.29) is 35.7 Å². The van der Waals surface area contributed by atoms with E-state index in [0.717, 1.165) is 12.8 Å². The van der Waals surface area contributed by atoms with Crippen molar-refractivity contribution in [3.05, 3.63) is 12.2 Å². The highest BCUT2D eigenvalue weighted by Crippen LogP contribution is 2.59. The van der Waals surface area contributed by atoms with Gasteiger partial charge in [0.25, 0.3) is 0 Å². The Hall–Kier alpha value is -0.870. The van der Waals surface area contributed by atoms with Crippen molar-refractivity contribution in [2.24, 2.45) is 23.7 Å². The van der Waals surface area contributed by atoms with Crippen molar-refractivity contribution in [2.75, 3.05) is 0 Å². The average molecular weight is 296 g/mol. The van der Waals surface area contributed by atoms with Crippen LogP contribution in [0, 0.1) is 23.7 Å². The fourth-order valence-corrected chi connectivity index (χ4v) is 4.65. The number of hydrogen-bond donors (Lipinski definition) is 2. The predicted octanol–water partition coefficient (Wildman–Crippen LogP) is 2.29. The zero-order chi connectivity index (χ0) is 16.2. The van der Waals surface area contributed by atoms with Crippen LogP contribution in [0.25, 0.3) is 0 Å². The first-order chi connectivity index (χ1) is 9.43. The Morgan fingerprint density at radius 2 is 1.62 bits per heavy atom. The molecule has 2 fully saturated rings. The van der Waals surface area contributed by atoms with Crippen LogP contribution in [-0.2, 0) is 9.53 Å². The maximum absolute atomic E-state index is 11.8. The molecule has 0 unspecified atom stereocenters. The maximum atomic E-state index is 11.8. The van der Waals surface area contributed by atoms with E-state index in [0.29, 0.717) is 5.57 Å². The number of aliphatic hydroxyl groups is 2. The van der Waals surface area contributed by atoms with Gasteiger partial charge in [-0.2, -0.15) is 0 Å². The third kappa shape index (κ3) is 3.02. The zero-order valence-corrected chi connectivity index (χ0v) is 13.7. The van der Waals surface area contributed by atoms with Gasteiger partial charge in [0.1, 0.15) is 6.10 Å². The molecule has 2 rings (SSSR count). The van der Waals surface area contributed by atoms with Gasteiger partial charge in [0, 0.05) is 11.5 Å². The van der Waals surface area contributed by atoms with Gasteiger partial charge in [0.2, 0.25) is 0 Å². The number of fused-ring (bicyclic) bond motifs is 2. The molecule has 0 aromatic rings. The van der Waals surface area contributed by atoms with E-state index in [1.807, 2.05) is 13.8 Å². The molecule has 21 heavy (non-hydrogen) atoms. The lowest BCUT2D eigenvalue weighted by molar-refractivity contribution is -0.159. The number of rotatable bonds is 4. The van der Waals surface area contributed by atoms with Crippen LogP contribution < -0.4 is 0 Å². The van der Waals surface area contributed by atoms with E-state index in [4.69, 9.17) is 4.74 Å². The second-order valence-corrected chi connectivity index (χ2v) is 7.98. The van der Waals surface area contributed by atoms with Crippen molar-refractivity contribution in [3.63, 3.8) is 0 Å². The van der Waals surface area contributed by atoms with Gasteiger partial charge in [-0.3, -0.25) is 0 Å². The summed E-state index contributed by atoms with van der Waals surface area (Å²) >= 11 is 0. The SMILES string of the molecule is C=C(C)C(=O)O[C@@H]1C[C@@H]2C[C@H]1[C@@H](C(C)(C)O)[C@@H]2C(C)(C)O. The van der Waals surface area contributed by atoms with Gasteiger partial charge in [-0.15, -0.1) is 0 Å². The number of carbonyl (C=O) groups is 1. The molecule has 4 nitrogen and oxygen atoms in total. The lowest BCUT2D eigenvalue weighted by Crippen LogP contribution is -2.51. The molecule has 0 heterocycles. The summed E-state index contributed by atoms with van der Waals surface area (Å²) in [7, 11) is 0. The number of hydrogen-bond acceptors (Lipinski definition) is 4. The van der Waals surface area contributed by atoms with Crippen molar-refractivity contribution in [1.82, 2.24) is 0 Å². The van der Waals surface area contributed by atoms with Gasteiger partial charge in [-0.05, 0) is 65.2 Å². The molecule has 5 atom stereocenters. The lowest BCUT2D eigenvalue weighted by atomic mass is 9.65. The summed E-state index contributed by atoms with van der Waals surface area (Å²) in [5.74, 6) is -0.00706. The summed E-state index contributed by atoms with van der Waals surface area (Å²) in [6, 6.07) is 0. The van der Waals surface area contributed by atoms with Gasteiger partial charge in [0.15, 0.2) is 0 Å². The Bertz CT molecular complexity index is 441. The monoisotopic (exact) mass is 296 g/mol. The topological polar surface area (TPSA) is 66.8 Å². The normalized spacial score (nSPS) is 35.9. The van der Waals surface area contributed by atoms with Crippen LogP contribution in [-0.4, -0.2) is 33.5 Å². The first-order valence-corrected chi connectivity index (χ1v) is 7.74. The van der Waals surface area contributed by atoms with E-state index in [1.54, 1.807) is 20.8 Å². The van der Waals surface area contributed by atoms with Crippen LogP contribution in [0.15, 0.2) is 12.2 Å². The van der Waals surface area contributed by atoms with Crippen LogP contribution in [0.3, 0.4) is 0 Å². The molecular weight excluding hydrogens is 268 g/mol. The summed E-state index contributed by atoms with van der Waals surface area (Å²) in [4.78, 5) is 11.8. The molecule has 2 aliphatic rings. The molecule has 0 aliphatic heterocycles. The molecular formula is C17H28O4. The minimum Gasteiger partial charge on any atom is -0.459 e. The Kier molecular flexibility index (Phi) is 4.00. The molecule has 2 aliphatic carbocycles. The molecule has 120 valence electrons. The van der Waals surface area contributed by atoms with Crippen LogP contribution in [0.5, 0.6) is 0 Å². The second-order valence-electron chi connectivity index (χ2n) is 7.98. The summed E-state index contributed by atoms with van der Waals surface area (Å²) < 4.78 is 5.56. The molecule has 0 aromatic heterocycles. The molecule has 0 radical (unpaired) electrons. The number of esters is 1. The van der Waals surface area contributed by atoms with Gasteiger partial charge in [-0.25, -0.2) is 4.79 Å². The van der Waals surface area contributed by atoms with E-state index < -0.39 is 11.2 Å². The summed E-state index contributed by atoms with van der Waals surface area (Å²) in [5, 5.41) is 21.1. The maximum Gasteiger partial charge on any atom is 0.333 e. The van der Waals surface area contributed by atoms with Gasteiger partial charge in [0.05, 0.1) is 11.2 Å². The quantitative estimate of drug-likeness (QED) is 0.617. The van der Waals surface area contributed by atoms with E-state index >= 15 is 0 Å². The number of carbonyl (C=O) groups excluding carboxylic acids is 1. The third-order valence-electron chi connectivity index (χ3n) is 5.18. The highest BCUT2D eigenvalue weighted by Gasteiger charge is 2.61. The van der Waals surface area contributed by atoms with E-state index in [1.165, 1.54) is 0 Å². The minimum absolute atomic E-state index is 0.0299. The Morgan fingerprint density at radius 1 is 1.10 bits per heavy atom. The van der Waals surface area contributed by atoms with Crippen molar-refractivity contribution in [1.29, 1.82) is 0 Å². The molecule has 0 spiro atoms. The summed E-state index contributed by atoms with van der Waals surface area (Å²) in [5.41, 5.74) is -1.34. The second kappa shape index (κ2) is 5.10. The third-order valence-corrected chi connectivity index (χ3v) is 5.18. The Labute approximate surface area is 127 Å². The molecule has 0 saturated heterocycles. The van der Waals surface area contributed by atoms with Gasteiger partial charge >= 0.3 is 5.97 Å². The minimum atomic E-state index is -0.904. The molecule has 0 aromatic carbocycles. The number of ether oxygens (including phenoxy) is 1. The average Bonchev–Trinajstić information content (AvgIpc) is 2.83. The molecule has 0 amide bonds. The van der Waals surface area contributed by atoms with Crippen LogP contribution in [0.2, 0.25) is 0 Å². The smallest absolute Gasteiger partial charge is 0.333 e.